The number of aryl methyl sites for hydroxylation is 1. The second kappa shape index (κ2) is 7.80. The second-order valence-corrected chi connectivity index (χ2v) is 8.19. The Labute approximate surface area is 166 Å². The number of carbonyl (C=O) groups excluding carboxylic acids is 1. The molecule has 0 radical (unpaired) electrons. The van der Waals surface area contributed by atoms with Crippen LogP contribution in [0.4, 0.5) is 8.78 Å². The van der Waals surface area contributed by atoms with Gasteiger partial charge >= 0.3 is 6.55 Å². The van der Waals surface area contributed by atoms with Gasteiger partial charge in [-0.1, -0.05) is 0 Å². The number of nitrogens with one attached hydrogen (secondary N) is 1. The van der Waals surface area contributed by atoms with E-state index in [9.17, 15) is 13.6 Å². The normalized spacial score (nSPS) is 11.6. The summed E-state index contributed by atoms with van der Waals surface area (Å²) in [4.78, 5) is 20.5. The van der Waals surface area contributed by atoms with Crippen molar-refractivity contribution in [2.45, 2.75) is 19.9 Å². The first-order valence-corrected chi connectivity index (χ1v) is 10.2. The van der Waals surface area contributed by atoms with Crippen LogP contribution >= 0.6 is 22.7 Å². The molecule has 3 heterocycles. The predicted octanol–water partition coefficient (Wildman–Crippen LogP) is 4.15. The van der Waals surface area contributed by atoms with E-state index in [2.05, 4.69) is 15.3 Å². The standard InChI is InChI=1S/C18H16F2N4O2S2/c1-10-23-16-13(28-10)8-12(11-3-7-27-17(11)16)26-9-15(25)22-4-2-14-21-5-6-24(14)18(19)20/h3,5-8,18H,2,4,9H2,1H3,(H,22,25). The fourth-order valence-electron chi connectivity index (χ4n) is 2.93. The number of rotatable bonds is 7. The highest BCUT2D eigenvalue weighted by Crippen LogP contribution is 2.38. The van der Waals surface area contributed by atoms with Gasteiger partial charge in [0.2, 0.25) is 0 Å². The topological polar surface area (TPSA) is 69.0 Å². The lowest BCUT2D eigenvalue weighted by Gasteiger charge is -2.09. The third kappa shape index (κ3) is 3.69. The Morgan fingerprint density at radius 3 is 3.11 bits per heavy atom. The van der Waals surface area contributed by atoms with Gasteiger partial charge in [-0.3, -0.25) is 9.36 Å². The minimum absolute atomic E-state index is 0.155. The minimum atomic E-state index is -2.64. The van der Waals surface area contributed by atoms with E-state index in [4.69, 9.17) is 4.74 Å². The molecule has 10 heteroatoms. The maximum atomic E-state index is 12.8. The number of fused-ring (bicyclic) bond motifs is 3. The third-order valence-corrected chi connectivity index (χ3v) is 6.00. The van der Waals surface area contributed by atoms with Crippen molar-refractivity contribution in [1.82, 2.24) is 19.9 Å². The number of thiazole rings is 1. The summed E-state index contributed by atoms with van der Waals surface area (Å²) in [5.41, 5.74) is 0.957. The maximum absolute atomic E-state index is 12.8. The molecule has 1 amide bonds. The number of carbonyl (C=O) groups is 1. The van der Waals surface area contributed by atoms with Crippen LogP contribution in [0.5, 0.6) is 5.75 Å². The highest BCUT2D eigenvalue weighted by atomic mass is 32.1. The fourth-order valence-corrected chi connectivity index (χ4v) is 4.76. The van der Waals surface area contributed by atoms with Crippen molar-refractivity contribution < 1.29 is 18.3 Å². The SMILES string of the molecule is Cc1nc2c(cc(OCC(=O)NCCc3nccn3C(F)F)c3ccsc32)s1. The first kappa shape index (κ1) is 18.8. The molecule has 6 nitrogen and oxygen atoms in total. The number of hydrogen-bond donors (Lipinski definition) is 1. The largest absolute Gasteiger partial charge is 0.483 e. The minimum Gasteiger partial charge on any atom is -0.483 e. The number of aromatic nitrogens is 3. The molecule has 0 spiro atoms. The van der Waals surface area contributed by atoms with Crippen LogP contribution in [0.3, 0.4) is 0 Å². The average molecular weight is 422 g/mol. The molecule has 146 valence electrons. The van der Waals surface area contributed by atoms with E-state index < -0.39 is 6.55 Å². The summed E-state index contributed by atoms with van der Waals surface area (Å²) >= 11 is 3.17. The molecule has 0 unspecified atom stereocenters. The molecule has 0 aliphatic carbocycles. The molecule has 1 aromatic carbocycles. The van der Waals surface area contributed by atoms with Crippen LogP contribution in [0.15, 0.2) is 29.9 Å². The van der Waals surface area contributed by atoms with E-state index in [1.807, 2.05) is 24.4 Å². The zero-order valence-electron chi connectivity index (χ0n) is 14.8. The van der Waals surface area contributed by atoms with Gasteiger partial charge in [-0.2, -0.15) is 8.78 Å². The van der Waals surface area contributed by atoms with Crippen molar-refractivity contribution in [3.8, 4) is 5.75 Å². The Kier molecular flexibility index (Phi) is 5.23. The van der Waals surface area contributed by atoms with Gasteiger partial charge in [0.05, 0.1) is 19.9 Å². The zero-order chi connectivity index (χ0) is 19.7. The van der Waals surface area contributed by atoms with Crippen molar-refractivity contribution in [3.05, 3.63) is 40.7 Å². The summed E-state index contributed by atoms with van der Waals surface area (Å²) in [6, 6.07) is 3.85. The van der Waals surface area contributed by atoms with Crippen LogP contribution in [0.1, 0.15) is 17.4 Å². The lowest BCUT2D eigenvalue weighted by atomic mass is 10.2. The number of benzene rings is 1. The molecule has 1 N–H and O–H groups in total. The van der Waals surface area contributed by atoms with Gasteiger partial charge in [-0.25, -0.2) is 9.97 Å². The van der Waals surface area contributed by atoms with Crippen LogP contribution in [-0.2, 0) is 11.2 Å². The zero-order valence-corrected chi connectivity index (χ0v) is 16.4. The summed E-state index contributed by atoms with van der Waals surface area (Å²) in [7, 11) is 0. The number of nitrogens with zero attached hydrogens (tertiary/aromatic N) is 3. The first-order chi connectivity index (χ1) is 13.5. The van der Waals surface area contributed by atoms with Crippen molar-refractivity contribution in [3.63, 3.8) is 0 Å². The monoisotopic (exact) mass is 422 g/mol. The smallest absolute Gasteiger partial charge is 0.319 e. The van der Waals surface area contributed by atoms with Gasteiger partial charge in [0.1, 0.15) is 11.6 Å². The summed E-state index contributed by atoms with van der Waals surface area (Å²) in [6.07, 6.45) is 2.74. The van der Waals surface area contributed by atoms with Gasteiger partial charge in [0.15, 0.2) is 6.61 Å². The number of halogens is 2. The summed E-state index contributed by atoms with van der Waals surface area (Å²) in [5.74, 6) is 0.539. The lowest BCUT2D eigenvalue weighted by Crippen LogP contribution is -2.31. The van der Waals surface area contributed by atoms with Crippen LogP contribution in [0, 0.1) is 6.92 Å². The molecule has 0 aliphatic rings. The van der Waals surface area contributed by atoms with E-state index in [1.54, 1.807) is 22.7 Å². The van der Waals surface area contributed by atoms with Crippen LogP contribution in [0.25, 0.3) is 20.3 Å². The molecule has 4 rings (SSSR count). The summed E-state index contributed by atoms with van der Waals surface area (Å²) < 4.78 is 34.1. The molecule has 0 saturated heterocycles. The van der Waals surface area contributed by atoms with Crippen molar-refractivity contribution in [2.24, 2.45) is 0 Å². The Hall–Kier alpha value is -2.59. The maximum Gasteiger partial charge on any atom is 0.319 e. The summed E-state index contributed by atoms with van der Waals surface area (Å²) in [5, 5.41) is 6.54. The number of thiophene rings is 1. The van der Waals surface area contributed by atoms with Crippen LogP contribution in [-0.4, -0.2) is 33.6 Å². The Bertz CT molecular complexity index is 1140. The van der Waals surface area contributed by atoms with Gasteiger partial charge in [0.25, 0.3) is 5.91 Å². The molecule has 0 saturated carbocycles. The van der Waals surface area contributed by atoms with Crippen LogP contribution < -0.4 is 10.1 Å². The highest BCUT2D eigenvalue weighted by Gasteiger charge is 2.14. The van der Waals surface area contributed by atoms with Crippen molar-refractivity contribution >= 4 is 48.9 Å². The number of imidazole rings is 1. The lowest BCUT2D eigenvalue weighted by molar-refractivity contribution is -0.123. The molecule has 4 aromatic rings. The van der Waals surface area contributed by atoms with E-state index in [0.29, 0.717) is 5.75 Å². The highest BCUT2D eigenvalue weighted by molar-refractivity contribution is 7.21. The Balaban J connectivity index is 1.38. The van der Waals surface area contributed by atoms with Gasteiger partial charge < -0.3 is 10.1 Å². The van der Waals surface area contributed by atoms with E-state index in [0.717, 1.165) is 29.9 Å². The Morgan fingerprint density at radius 2 is 2.29 bits per heavy atom. The Morgan fingerprint density at radius 1 is 1.43 bits per heavy atom. The molecular weight excluding hydrogens is 406 g/mol. The average Bonchev–Trinajstić information content (AvgIpc) is 3.37. The van der Waals surface area contributed by atoms with E-state index in [-0.39, 0.29) is 31.3 Å². The number of ether oxygens (including phenoxy) is 1. The van der Waals surface area contributed by atoms with Gasteiger partial charge in [-0.15, -0.1) is 22.7 Å². The number of amides is 1. The van der Waals surface area contributed by atoms with Crippen molar-refractivity contribution in [2.75, 3.05) is 13.2 Å². The molecule has 3 aromatic heterocycles. The first-order valence-electron chi connectivity index (χ1n) is 8.49. The molecule has 0 fully saturated rings. The quantitative estimate of drug-likeness (QED) is 0.486. The molecule has 28 heavy (non-hydrogen) atoms. The third-order valence-electron chi connectivity index (χ3n) is 4.16. The summed E-state index contributed by atoms with van der Waals surface area (Å²) in [6.45, 7) is -0.642. The molecular formula is C18H16F2N4O2S2. The van der Waals surface area contributed by atoms with Crippen LogP contribution in [0.2, 0.25) is 0 Å². The van der Waals surface area contributed by atoms with Gasteiger partial charge in [-0.05, 0) is 18.4 Å². The molecule has 0 aliphatic heterocycles. The second-order valence-electron chi connectivity index (χ2n) is 6.03. The number of hydrogen-bond acceptors (Lipinski definition) is 6. The molecule has 0 atom stereocenters. The van der Waals surface area contributed by atoms with E-state index in [1.165, 1.54) is 12.4 Å². The predicted molar refractivity (Wildman–Crippen MR) is 105 cm³/mol. The van der Waals surface area contributed by atoms with E-state index >= 15 is 0 Å². The van der Waals surface area contributed by atoms with Gasteiger partial charge in [0, 0.05) is 36.8 Å². The number of alkyl halides is 2. The molecule has 0 bridgehead atoms. The van der Waals surface area contributed by atoms with Crippen molar-refractivity contribution in [1.29, 1.82) is 0 Å². The fraction of sp³-hybridized carbons (Fsp3) is 0.278.